The van der Waals surface area contributed by atoms with Gasteiger partial charge in [-0.3, -0.25) is 14.5 Å². The first kappa shape index (κ1) is 23.1. The van der Waals surface area contributed by atoms with E-state index in [-0.39, 0.29) is 18.3 Å². The summed E-state index contributed by atoms with van der Waals surface area (Å²) in [5.41, 5.74) is -0.527. The molecule has 0 N–H and O–H groups in total. The van der Waals surface area contributed by atoms with E-state index in [2.05, 4.69) is 4.98 Å². The van der Waals surface area contributed by atoms with Crippen LogP contribution in [-0.2, 0) is 14.3 Å². The van der Waals surface area contributed by atoms with E-state index >= 15 is 0 Å². The largest absolute Gasteiger partial charge is 0.460 e. The van der Waals surface area contributed by atoms with Crippen molar-refractivity contribution in [2.24, 2.45) is 0 Å². The monoisotopic (exact) mass is 434 g/mol. The lowest BCUT2D eigenvalue weighted by atomic mass is 10.0. The Morgan fingerprint density at radius 1 is 1.41 bits per heavy atom. The third-order valence-electron chi connectivity index (χ3n) is 4.43. The Bertz CT molecular complexity index is 871. The van der Waals surface area contributed by atoms with E-state index in [9.17, 15) is 9.59 Å². The molecule has 0 saturated carbocycles. The number of ether oxygens (including phenoxy) is 1. The van der Waals surface area contributed by atoms with Crippen LogP contribution in [0.2, 0.25) is 0 Å². The summed E-state index contributed by atoms with van der Waals surface area (Å²) in [5, 5.41) is 9.53. The van der Waals surface area contributed by atoms with Crippen molar-refractivity contribution in [1.82, 2.24) is 9.88 Å². The zero-order valence-electron chi connectivity index (χ0n) is 17.6. The lowest BCUT2D eigenvalue weighted by molar-refractivity contribution is -0.154. The minimum absolute atomic E-state index is 0.168. The van der Waals surface area contributed by atoms with Crippen molar-refractivity contribution in [1.29, 1.82) is 5.26 Å². The van der Waals surface area contributed by atoms with Gasteiger partial charge in [0.1, 0.15) is 17.2 Å². The number of hydrogen-bond acceptors (Lipinski definition) is 7. The van der Waals surface area contributed by atoms with Gasteiger partial charge >= 0.3 is 5.97 Å². The molecule has 0 aromatic carbocycles. The molecule has 0 unspecified atom stereocenters. The summed E-state index contributed by atoms with van der Waals surface area (Å²) in [6, 6.07) is 3.79. The van der Waals surface area contributed by atoms with Gasteiger partial charge in [0.05, 0.1) is 11.9 Å². The number of thiocarbonyl (C=S) groups is 1. The second kappa shape index (κ2) is 8.67. The lowest BCUT2D eigenvalue weighted by Gasteiger charge is -2.29. The molecule has 1 aliphatic rings. The Labute approximate surface area is 181 Å². The molecular weight excluding hydrogens is 408 g/mol. The van der Waals surface area contributed by atoms with Crippen molar-refractivity contribution in [3.05, 3.63) is 18.0 Å². The van der Waals surface area contributed by atoms with Gasteiger partial charge in [0.25, 0.3) is 5.91 Å². The van der Waals surface area contributed by atoms with E-state index in [0.717, 1.165) is 0 Å². The summed E-state index contributed by atoms with van der Waals surface area (Å²) in [6.45, 7) is 9.55. The fourth-order valence-electron chi connectivity index (χ4n) is 3.01. The highest BCUT2D eigenvalue weighted by Gasteiger charge is 2.49. The van der Waals surface area contributed by atoms with Crippen molar-refractivity contribution in [2.45, 2.75) is 63.5 Å². The van der Waals surface area contributed by atoms with Gasteiger partial charge in [0, 0.05) is 17.9 Å². The highest BCUT2D eigenvalue weighted by molar-refractivity contribution is 7.98. The van der Waals surface area contributed by atoms with Gasteiger partial charge in [-0.25, -0.2) is 4.98 Å². The standard InChI is InChI=1S/C20H26N4O3S2/c1-19(2,3)27-16(25)8-7-9-23-18(28)24(17(26)20(23,4)5)13-10-15(29-6)14(11-21)22-12-13/h10,12H,7-9H2,1-6H3. The van der Waals surface area contributed by atoms with Crippen LogP contribution >= 0.6 is 24.0 Å². The van der Waals surface area contributed by atoms with Gasteiger partial charge < -0.3 is 9.64 Å². The number of pyridine rings is 1. The van der Waals surface area contributed by atoms with Crippen molar-refractivity contribution >= 4 is 46.7 Å². The summed E-state index contributed by atoms with van der Waals surface area (Å²) in [4.78, 5) is 33.2. The molecule has 0 radical (unpaired) electrons. The Hall–Kier alpha value is -2.18. The molecule has 1 fully saturated rings. The number of hydrogen-bond donors (Lipinski definition) is 0. The number of carbonyl (C=O) groups is 2. The van der Waals surface area contributed by atoms with E-state index < -0.39 is 11.1 Å². The van der Waals surface area contributed by atoms with Crippen LogP contribution in [0.15, 0.2) is 17.2 Å². The van der Waals surface area contributed by atoms with Gasteiger partial charge in [-0.1, -0.05) is 0 Å². The Balaban J connectivity index is 2.17. The van der Waals surface area contributed by atoms with Gasteiger partial charge in [0.2, 0.25) is 0 Å². The number of rotatable bonds is 6. The smallest absolute Gasteiger partial charge is 0.306 e. The van der Waals surface area contributed by atoms with Crippen LogP contribution in [0.1, 0.15) is 53.2 Å². The molecule has 1 aromatic rings. The van der Waals surface area contributed by atoms with E-state index in [4.69, 9.17) is 22.2 Å². The first-order valence-corrected chi connectivity index (χ1v) is 10.9. The minimum atomic E-state index is -0.849. The minimum Gasteiger partial charge on any atom is -0.460 e. The maximum atomic E-state index is 13.1. The van der Waals surface area contributed by atoms with E-state index in [1.165, 1.54) is 22.9 Å². The first-order chi connectivity index (χ1) is 13.4. The average Bonchev–Trinajstić information content (AvgIpc) is 2.79. The van der Waals surface area contributed by atoms with Crippen LogP contribution in [0.25, 0.3) is 0 Å². The Kier molecular flexibility index (Phi) is 6.91. The van der Waals surface area contributed by atoms with Crippen molar-refractivity contribution < 1.29 is 14.3 Å². The van der Waals surface area contributed by atoms with Crippen LogP contribution in [0.4, 0.5) is 5.69 Å². The molecule has 9 heteroatoms. The van der Waals surface area contributed by atoms with Crippen molar-refractivity contribution in [3.63, 3.8) is 0 Å². The van der Waals surface area contributed by atoms with Crippen LogP contribution in [0.5, 0.6) is 0 Å². The van der Waals surface area contributed by atoms with Gasteiger partial charge in [0.15, 0.2) is 10.8 Å². The molecule has 29 heavy (non-hydrogen) atoms. The van der Waals surface area contributed by atoms with Crippen molar-refractivity contribution in [3.8, 4) is 6.07 Å². The fraction of sp³-hybridized carbons (Fsp3) is 0.550. The van der Waals surface area contributed by atoms with E-state index in [1.54, 1.807) is 6.07 Å². The summed E-state index contributed by atoms with van der Waals surface area (Å²) < 4.78 is 5.34. The first-order valence-electron chi connectivity index (χ1n) is 9.24. The molecule has 156 valence electrons. The zero-order chi connectivity index (χ0) is 22.0. The molecule has 2 heterocycles. The number of carbonyl (C=O) groups excluding carboxylic acids is 2. The topological polar surface area (TPSA) is 86.5 Å². The summed E-state index contributed by atoms with van der Waals surface area (Å²) in [6.07, 6.45) is 4.10. The molecule has 0 bridgehead atoms. The molecule has 1 aliphatic heterocycles. The van der Waals surface area contributed by atoms with Gasteiger partial charge in [-0.2, -0.15) is 5.26 Å². The molecule has 2 rings (SSSR count). The van der Waals surface area contributed by atoms with Crippen LogP contribution in [-0.4, -0.2) is 50.8 Å². The van der Waals surface area contributed by atoms with Crippen LogP contribution < -0.4 is 4.90 Å². The SMILES string of the molecule is CSc1cc(N2C(=O)C(C)(C)N(CCCC(=O)OC(C)(C)C)C2=S)cnc1C#N. The maximum Gasteiger partial charge on any atom is 0.306 e. The average molecular weight is 435 g/mol. The quantitative estimate of drug-likeness (QED) is 0.382. The summed E-state index contributed by atoms with van der Waals surface area (Å²) >= 11 is 6.98. The molecule has 0 atom stereocenters. The Morgan fingerprint density at radius 3 is 2.62 bits per heavy atom. The molecule has 0 spiro atoms. The van der Waals surface area contributed by atoms with E-state index in [1.807, 2.05) is 51.8 Å². The number of amides is 1. The molecule has 0 aliphatic carbocycles. The fourth-order valence-corrected chi connectivity index (χ4v) is 4.05. The third-order valence-corrected chi connectivity index (χ3v) is 5.58. The van der Waals surface area contributed by atoms with Crippen LogP contribution in [0, 0.1) is 11.3 Å². The van der Waals surface area contributed by atoms with E-state index in [0.29, 0.717) is 34.4 Å². The second-order valence-corrected chi connectivity index (χ2v) is 9.39. The number of anilines is 1. The molecule has 7 nitrogen and oxygen atoms in total. The predicted octanol–water partition coefficient (Wildman–Crippen LogP) is 3.51. The highest BCUT2D eigenvalue weighted by atomic mass is 32.2. The zero-order valence-corrected chi connectivity index (χ0v) is 19.2. The molecule has 1 amide bonds. The second-order valence-electron chi connectivity index (χ2n) is 8.18. The highest BCUT2D eigenvalue weighted by Crippen LogP contribution is 2.34. The predicted molar refractivity (Wildman–Crippen MR) is 117 cm³/mol. The Morgan fingerprint density at radius 2 is 2.07 bits per heavy atom. The summed E-state index contributed by atoms with van der Waals surface area (Å²) in [5.74, 6) is -0.442. The van der Waals surface area contributed by atoms with Crippen LogP contribution in [0.3, 0.4) is 0 Å². The summed E-state index contributed by atoms with van der Waals surface area (Å²) in [7, 11) is 0. The van der Waals surface area contributed by atoms with Gasteiger partial charge in [-0.05, 0) is 65.6 Å². The number of nitrogens with zero attached hydrogens (tertiary/aromatic N) is 4. The number of aromatic nitrogens is 1. The van der Waals surface area contributed by atoms with Gasteiger partial charge in [-0.15, -0.1) is 11.8 Å². The third kappa shape index (κ3) is 5.06. The number of nitriles is 1. The maximum absolute atomic E-state index is 13.1. The number of esters is 1. The van der Waals surface area contributed by atoms with Crippen molar-refractivity contribution in [2.75, 3.05) is 17.7 Å². The molecule has 1 aromatic heterocycles. The normalized spacial score (nSPS) is 16.2. The molecular formula is C20H26N4O3S2. The lowest BCUT2D eigenvalue weighted by Crippen LogP contribution is -2.44. The molecule has 1 saturated heterocycles. The number of thioether (sulfide) groups is 1.